The Morgan fingerprint density at radius 2 is 1.55 bits per heavy atom. The van der Waals surface area contributed by atoms with Crippen molar-refractivity contribution in [2.45, 2.75) is 65.1 Å². The molecule has 6 N–H and O–H groups in total. The van der Waals surface area contributed by atoms with E-state index in [9.17, 15) is 19.5 Å². The third-order valence-corrected chi connectivity index (χ3v) is 5.11. The molecule has 2 aromatic rings. The van der Waals surface area contributed by atoms with Crippen molar-refractivity contribution in [2.24, 2.45) is 17.6 Å². The Balaban J connectivity index is 2.06. The van der Waals surface area contributed by atoms with Crippen LogP contribution in [0.4, 0.5) is 0 Å². The molecule has 8 nitrogen and oxygen atoms in total. The molecule has 2 amide bonds. The van der Waals surface area contributed by atoms with Gasteiger partial charge in [-0.2, -0.15) is 0 Å². The van der Waals surface area contributed by atoms with Crippen LogP contribution in [0, 0.1) is 11.8 Å². The predicted molar refractivity (Wildman–Crippen MR) is 120 cm³/mol. The fraction of sp³-hybridized carbons (Fsp3) is 0.522. The van der Waals surface area contributed by atoms with Gasteiger partial charge >= 0.3 is 5.97 Å². The Morgan fingerprint density at radius 3 is 2.16 bits per heavy atom. The van der Waals surface area contributed by atoms with E-state index >= 15 is 0 Å². The van der Waals surface area contributed by atoms with Crippen LogP contribution in [0.2, 0.25) is 0 Å². The van der Waals surface area contributed by atoms with Gasteiger partial charge in [-0.25, -0.2) is 4.79 Å². The van der Waals surface area contributed by atoms with Crippen LogP contribution < -0.4 is 16.4 Å². The first-order valence-corrected chi connectivity index (χ1v) is 10.7. The second-order valence-corrected chi connectivity index (χ2v) is 8.89. The second-order valence-electron chi connectivity index (χ2n) is 8.89. The molecular weight excluding hydrogens is 396 g/mol. The molecule has 31 heavy (non-hydrogen) atoms. The number of carboxylic acid groups (broad SMARTS) is 1. The summed E-state index contributed by atoms with van der Waals surface area (Å²) >= 11 is 0. The monoisotopic (exact) mass is 430 g/mol. The smallest absolute Gasteiger partial charge is 0.326 e. The standard InChI is InChI=1S/C23H34N4O4/c1-13(2)9-19(22(29)27-20(23(30)31)10-14(3)4)26-21(28)17(24)11-15-12-25-18-8-6-5-7-16(15)18/h5-8,12-14,17,19-20,25H,9-11,24H2,1-4H3,(H,26,28)(H,27,29)(H,30,31). The zero-order valence-corrected chi connectivity index (χ0v) is 18.6. The number of nitrogens with two attached hydrogens (primary N) is 1. The van der Waals surface area contributed by atoms with Crippen LogP contribution in [-0.2, 0) is 20.8 Å². The van der Waals surface area contributed by atoms with Crippen LogP contribution in [0.15, 0.2) is 30.5 Å². The summed E-state index contributed by atoms with van der Waals surface area (Å²) in [5.74, 6) is -1.82. The summed E-state index contributed by atoms with van der Waals surface area (Å²) in [5.41, 5.74) is 8.03. The Kier molecular flexibility index (Phi) is 8.62. The quantitative estimate of drug-likeness (QED) is 0.372. The summed E-state index contributed by atoms with van der Waals surface area (Å²) in [6, 6.07) is 5.06. The van der Waals surface area contributed by atoms with E-state index in [-0.39, 0.29) is 11.8 Å². The molecule has 1 aromatic heterocycles. The first-order valence-electron chi connectivity index (χ1n) is 10.7. The topological polar surface area (TPSA) is 137 Å². The number of fused-ring (bicyclic) bond motifs is 1. The fourth-order valence-electron chi connectivity index (χ4n) is 3.58. The van der Waals surface area contributed by atoms with E-state index < -0.39 is 35.9 Å². The lowest BCUT2D eigenvalue weighted by Crippen LogP contribution is -2.55. The Labute approximate surface area is 183 Å². The van der Waals surface area contributed by atoms with Crippen LogP contribution in [-0.4, -0.2) is 46.0 Å². The molecule has 8 heteroatoms. The lowest BCUT2D eigenvalue weighted by Gasteiger charge is -2.24. The van der Waals surface area contributed by atoms with E-state index in [1.165, 1.54) is 0 Å². The molecule has 0 spiro atoms. The molecular formula is C23H34N4O4. The van der Waals surface area contributed by atoms with Gasteiger partial charge < -0.3 is 26.5 Å². The van der Waals surface area contributed by atoms with Gasteiger partial charge in [-0.1, -0.05) is 45.9 Å². The summed E-state index contributed by atoms with van der Waals surface area (Å²) in [5, 5.41) is 15.7. The van der Waals surface area contributed by atoms with Crippen molar-refractivity contribution >= 4 is 28.7 Å². The Bertz CT molecular complexity index is 906. The van der Waals surface area contributed by atoms with E-state index in [2.05, 4.69) is 15.6 Å². The van der Waals surface area contributed by atoms with Gasteiger partial charge in [-0.3, -0.25) is 9.59 Å². The van der Waals surface area contributed by atoms with Crippen molar-refractivity contribution in [2.75, 3.05) is 0 Å². The molecule has 0 saturated carbocycles. The van der Waals surface area contributed by atoms with Gasteiger partial charge in [0.25, 0.3) is 0 Å². The normalized spacial score (nSPS) is 14.4. The van der Waals surface area contributed by atoms with Crippen molar-refractivity contribution in [3.05, 3.63) is 36.0 Å². The molecule has 1 aromatic carbocycles. The maximum absolute atomic E-state index is 12.8. The number of aliphatic carboxylic acids is 1. The molecule has 0 bridgehead atoms. The van der Waals surface area contributed by atoms with Crippen LogP contribution in [0.3, 0.4) is 0 Å². The SMILES string of the molecule is CC(C)CC(NC(=O)C(CC(C)C)NC(=O)C(N)Cc1c[nH]c2ccccc12)C(=O)O. The van der Waals surface area contributed by atoms with Crippen LogP contribution in [0.25, 0.3) is 10.9 Å². The average Bonchev–Trinajstić information content (AvgIpc) is 3.09. The number of aromatic amines is 1. The number of carbonyl (C=O) groups is 3. The predicted octanol–water partition coefficient (Wildman–Crippen LogP) is 2.18. The highest BCUT2D eigenvalue weighted by molar-refractivity contribution is 5.92. The van der Waals surface area contributed by atoms with Gasteiger partial charge in [-0.15, -0.1) is 0 Å². The molecule has 3 atom stereocenters. The number of para-hydroxylation sites is 1. The number of aromatic nitrogens is 1. The third-order valence-electron chi connectivity index (χ3n) is 5.11. The second kappa shape index (κ2) is 10.9. The molecule has 0 saturated heterocycles. The van der Waals surface area contributed by atoms with E-state index in [4.69, 9.17) is 5.73 Å². The lowest BCUT2D eigenvalue weighted by molar-refractivity contribution is -0.142. The number of benzene rings is 1. The number of nitrogens with one attached hydrogen (secondary N) is 3. The summed E-state index contributed by atoms with van der Waals surface area (Å²) in [4.78, 5) is 40.2. The average molecular weight is 431 g/mol. The summed E-state index contributed by atoms with van der Waals surface area (Å²) in [7, 11) is 0. The molecule has 0 aliphatic rings. The van der Waals surface area contributed by atoms with Crippen LogP contribution in [0.5, 0.6) is 0 Å². The summed E-state index contributed by atoms with van der Waals surface area (Å²) in [6.07, 6.45) is 2.84. The molecule has 0 aliphatic heterocycles. The minimum Gasteiger partial charge on any atom is -0.480 e. The largest absolute Gasteiger partial charge is 0.480 e. The molecule has 0 fully saturated rings. The highest BCUT2D eigenvalue weighted by atomic mass is 16.4. The van der Waals surface area contributed by atoms with Crippen molar-refractivity contribution < 1.29 is 19.5 Å². The zero-order valence-electron chi connectivity index (χ0n) is 18.6. The highest BCUT2D eigenvalue weighted by Gasteiger charge is 2.29. The molecule has 1 heterocycles. The summed E-state index contributed by atoms with van der Waals surface area (Å²) < 4.78 is 0. The van der Waals surface area contributed by atoms with Crippen molar-refractivity contribution in [1.82, 2.24) is 15.6 Å². The van der Waals surface area contributed by atoms with Crippen molar-refractivity contribution in [3.63, 3.8) is 0 Å². The van der Waals surface area contributed by atoms with E-state index in [0.717, 1.165) is 16.5 Å². The van der Waals surface area contributed by atoms with Gasteiger partial charge in [0.15, 0.2) is 0 Å². The van der Waals surface area contributed by atoms with Gasteiger partial charge in [0, 0.05) is 17.1 Å². The number of amides is 2. The number of hydrogen-bond donors (Lipinski definition) is 5. The molecule has 170 valence electrons. The maximum Gasteiger partial charge on any atom is 0.326 e. The number of carboxylic acids is 1. The first-order chi connectivity index (χ1) is 14.6. The minimum atomic E-state index is -1.09. The highest BCUT2D eigenvalue weighted by Crippen LogP contribution is 2.19. The van der Waals surface area contributed by atoms with Gasteiger partial charge in [0.05, 0.1) is 6.04 Å². The lowest BCUT2D eigenvalue weighted by atomic mass is 9.99. The van der Waals surface area contributed by atoms with E-state index in [0.29, 0.717) is 19.3 Å². The fourth-order valence-corrected chi connectivity index (χ4v) is 3.58. The van der Waals surface area contributed by atoms with Gasteiger partial charge in [0.2, 0.25) is 11.8 Å². The summed E-state index contributed by atoms with van der Waals surface area (Å²) in [6.45, 7) is 7.64. The first kappa shape index (κ1) is 24.4. The molecule has 3 unspecified atom stereocenters. The van der Waals surface area contributed by atoms with Gasteiger partial charge in [-0.05, 0) is 42.7 Å². The molecule has 2 rings (SSSR count). The number of carbonyl (C=O) groups excluding carboxylic acids is 2. The van der Waals surface area contributed by atoms with Crippen LogP contribution >= 0.6 is 0 Å². The number of rotatable bonds is 11. The minimum absolute atomic E-state index is 0.101. The van der Waals surface area contributed by atoms with E-state index in [1.54, 1.807) is 0 Å². The number of H-pyrrole nitrogens is 1. The maximum atomic E-state index is 12.8. The van der Waals surface area contributed by atoms with Crippen molar-refractivity contribution in [1.29, 1.82) is 0 Å². The van der Waals surface area contributed by atoms with E-state index in [1.807, 2.05) is 58.2 Å². The molecule has 0 radical (unpaired) electrons. The third kappa shape index (κ3) is 7.10. The van der Waals surface area contributed by atoms with Crippen LogP contribution in [0.1, 0.15) is 46.1 Å². The Morgan fingerprint density at radius 1 is 0.968 bits per heavy atom. The number of hydrogen-bond acceptors (Lipinski definition) is 4. The van der Waals surface area contributed by atoms with Gasteiger partial charge in [0.1, 0.15) is 12.1 Å². The van der Waals surface area contributed by atoms with Crippen molar-refractivity contribution in [3.8, 4) is 0 Å². The Hall–Kier alpha value is -2.87. The molecule has 0 aliphatic carbocycles. The zero-order chi connectivity index (χ0) is 23.1.